The molecule has 2 aromatic carbocycles. The van der Waals surface area contributed by atoms with Crippen molar-refractivity contribution in [2.75, 3.05) is 0 Å². The van der Waals surface area contributed by atoms with Crippen LogP contribution in [0.1, 0.15) is 5.56 Å². The number of hydrogen-bond donors (Lipinski definition) is 0. The van der Waals surface area contributed by atoms with Gasteiger partial charge in [0.25, 0.3) is 0 Å². The minimum Gasteiger partial charge on any atom is -0.408 e. The lowest BCUT2D eigenvalue weighted by Gasteiger charge is -2.04. The van der Waals surface area contributed by atoms with Crippen LogP contribution in [0.5, 0.6) is 0 Å². The van der Waals surface area contributed by atoms with Crippen molar-refractivity contribution >= 4 is 11.1 Å². The van der Waals surface area contributed by atoms with Gasteiger partial charge in [-0.2, -0.15) is 0 Å². The molecule has 0 bridgehead atoms. The van der Waals surface area contributed by atoms with E-state index < -0.39 is 0 Å². The summed E-state index contributed by atoms with van der Waals surface area (Å²) in [5.74, 6) is -0.366. The van der Waals surface area contributed by atoms with Gasteiger partial charge < -0.3 is 4.42 Å². The van der Waals surface area contributed by atoms with Crippen LogP contribution >= 0.6 is 0 Å². The van der Waals surface area contributed by atoms with Gasteiger partial charge in [0.1, 0.15) is 0 Å². The van der Waals surface area contributed by atoms with E-state index in [2.05, 4.69) is 10.3 Å². The minimum atomic E-state index is -0.366. The third-order valence-corrected chi connectivity index (χ3v) is 3.52. The first-order valence-electron chi connectivity index (χ1n) is 6.85. The molecule has 0 atom stereocenters. The topological polar surface area (TPSA) is 65.8 Å². The van der Waals surface area contributed by atoms with Gasteiger partial charge in [-0.1, -0.05) is 35.5 Å². The molecule has 4 aromatic rings. The Morgan fingerprint density at radius 2 is 1.95 bits per heavy atom. The van der Waals surface area contributed by atoms with E-state index in [9.17, 15) is 4.79 Å². The Hall–Kier alpha value is -3.15. The Balaban J connectivity index is 1.85. The van der Waals surface area contributed by atoms with Gasteiger partial charge in [-0.25, -0.2) is 9.48 Å². The molecule has 0 fully saturated rings. The van der Waals surface area contributed by atoms with E-state index in [0.717, 1.165) is 16.8 Å². The Morgan fingerprint density at radius 3 is 2.73 bits per heavy atom. The number of aromatic nitrogens is 4. The summed E-state index contributed by atoms with van der Waals surface area (Å²) in [5, 5.41) is 7.76. The summed E-state index contributed by atoms with van der Waals surface area (Å²) in [6, 6.07) is 15.3. The van der Waals surface area contributed by atoms with Gasteiger partial charge >= 0.3 is 5.76 Å². The van der Waals surface area contributed by atoms with Crippen LogP contribution in [-0.4, -0.2) is 19.6 Å². The van der Waals surface area contributed by atoms with Crippen molar-refractivity contribution in [2.24, 2.45) is 0 Å². The highest BCUT2D eigenvalue weighted by atomic mass is 16.4. The van der Waals surface area contributed by atoms with Crippen molar-refractivity contribution in [1.82, 2.24) is 19.6 Å². The van der Waals surface area contributed by atoms with E-state index in [1.165, 1.54) is 0 Å². The molecule has 0 spiro atoms. The van der Waals surface area contributed by atoms with E-state index in [1.54, 1.807) is 27.7 Å². The lowest BCUT2D eigenvalue weighted by molar-refractivity contribution is 0.517. The quantitative estimate of drug-likeness (QED) is 0.581. The molecule has 0 unspecified atom stereocenters. The van der Waals surface area contributed by atoms with Crippen LogP contribution in [0.3, 0.4) is 0 Å². The van der Waals surface area contributed by atoms with Gasteiger partial charge in [-0.3, -0.25) is 4.57 Å². The molecule has 2 heterocycles. The Bertz CT molecular complexity index is 968. The zero-order valence-electron chi connectivity index (χ0n) is 11.6. The third kappa shape index (κ3) is 2.10. The zero-order chi connectivity index (χ0) is 14.9. The molecule has 6 heteroatoms. The first-order valence-corrected chi connectivity index (χ1v) is 6.85. The maximum absolute atomic E-state index is 12.1. The van der Waals surface area contributed by atoms with Crippen molar-refractivity contribution in [2.45, 2.75) is 6.54 Å². The molecule has 6 nitrogen and oxygen atoms in total. The van der Waals surface area contributed by atoms with Crippen molar-refractivity contribution < 1.29 is 4.42 Å². The maximum atomic E-state index is 12.1. The average molecular weight is 292 g/mol. The van der Waals surface area contributed by atoms with Gasteiger partial charge in [0.15, 0.2) is 5.58 Å². The second-order valence-electron chi connectivity index (χ2n) is 4.94. The summed E-state index contributed by atoms with van der Waals surface area (Å²) in [6.07, 6.45) is 3.36. The normalized spacial score (nSPS) is 11.1. The highest BCUT2D eigenvalue weighted by Crippen LogP contribution is 2.18. The number of rotatable bonds is 3. The lowest BCUT2D eigenvalue weighted by atomic mass is 10.2. The van der Waals surface area contributed by atoms with E-state index >= 15 is 0 Å². The molecule has 0 saturated heterocycles. The van der Waals surface area contributed by atoms with Crippen LogP contribution in [0.4, 0.5) is 0 Å². The highest BCUT2D eigenvalue weighted by Gasteiger charge is 2.11. The van der Waals surface area contributed by atoms with Crippen LogP contribution < -0.4 is 5.76 Å². The minimum absolute atomic E-state index is 0.366. The molecule has 22 heavy (non-hydrogen) atoms. The Kier molecular flexibility index (Phi) is 2.86. The smallest absolute Gasteiger partial charge is 0.408 e. The standard InChI is InChI=1S/C16H12N4O2/c21-16-19(11-12-4-2-1-3-5-12)14-10-13(6-7-15(14)22-16)20-9-8-17-18-20/h1-10H,11H2. The maximum Gasteiger partial charge on any atom is 0.420 e. The summed E-state index contributed by atoms with van der Waals surface area (Å²) in [6.45, 7) is 0.466. The number of fused-ring (bicyclic) bond motifs is 1. The van der Waals surface area contributed by atoms with Crippen molar-refractivity contribution in [1.29, 1.82) is 0 Å². The largest absolute Gasteiger partial charge is 0.420 e. The lowest BCUT2D eigenvalue weighted by Crippen LogP contribution is -2.14. The summed E-state index contributed by atoms with van der Waals surface area (Å²) in [5.41, 5.74) is 3.16. The Labute approximate surface area is 125 Å². The fourth-order valence-electron chi connectivity index (χ4n) is 2.45. The molecule has 0 aliphatic rings. The molecule has 4 rings (SSSR count). The third-order valence-electron chi connectivity index (χ3n) is 3.52. The van der Waals surface area contributed by atoms with Crippen molar-refractivity contribution in [3.8, 4) is 5.69 Å². The number of oxazole rings is 1. The van der Waals surface area contributed by atoms with E-state index in [-0.39, 0.29) is 5.76 Å². The van der Waals surface area contributed by atoms with E-state index in [1.807, 2.05) is 42.5 Å². The number of hydrogen-bond acceptors (Lipinski definition) is 4. The predicted octanol–water partition coefficient (Wildman–Crippen LogP) is 2.22. The zero-order valence-corrected chi connectivity index (χ0v) is 11.6. The molecule has 0 amide bonds. The molecule has 2 aromatic heterocycles. The molecular formula is C16H12N4O2. The molecule has 0 radical (unpaired) electrons. The van der Waals surface area contributed by atoms with E-state index in [4.69, 9.17) is 4.42 Å². The summed E-state index contributed by atoms with van der Waals surface area (Å²) in [4.78, 5) is 12.1. The summed E-state index contributed by atoms with van der Waals surface area (Å²) >= 11 is 0. The predicted molar refractivity (Wildman–Crippen MR) is 80.9 cm³/mol. The van der Waals surface area contributed by atoms with Crippen LogP contribution in [0, 0.1) is 0 Å². The fourth-order valence-corrected chi connectivity index (χ4v) is 2.45. The molecular weight excluding hydrogens is 280 g/mol. The van der Waals surface area contributed by atoms with Crippen LogP contribution in [0.2, 0.25) is 0 Å². The second kappa shape index (κ2) is 5.00. The van der Waals surface area contributed by atoms with Crippen LogP contribution in [-0.2, 0) is 6.54 Å². The monoisotopic (exact) mass is 292 g/mol. The SMILES string of the molecule is O=c1oc2ccc(-n3ccnn3)cc2n1Cc1ccccc1. The van der Waals surface area contributed by atoms with Gasteiger partial charge in [-0.15, -0.1) is 5.10 Å². The van der Waals surface area contributed by atoms with Crippen molar-refractivity contribution in [3.05, 3.63) is 77.0 Å². The van der Waals surface area contributed by atoms with E-state index in [0.29, 0.717) is 12.1 Å². The van der Waals surface area contributed by atoms with Gasteiger partial charge in [0.05, 0.1) is 30.1 Å². The molecule has 108 valence electrons. The van der Waals surface area contributed by atoms with Gasteiger partial charge in [0.2, 0.25) is 0 Å². The highest BCUT2D eigenvalue weighted by molar-refractivity contribution is 5.75. The fraction of sp³-hybridized carbons (Fsp3) is 0.0625. The number of benzene rings is 2. The number of nitrogens with zero attached hydrogens (tertiary/aromatic N) is 4. The first-order chi connectivity index (χ1) is 10.8. The van der Waals surface area contributed by atoms with Crippen LogP contribution in [0.25, 0.3) is 16.8 Å². The second-order valence-corrected chi connectivity index (χ2v) is 4.94. The van der Waals surface area contributed by atoms with Crippen molar-refractivity contribution in [3.63, 3.8) is 0 Å². The molecule has 0 N–H and O–H groups in total. The molecule has 0 aliphatic carbocycles. The van der Waals surface area contributed by atoms with Gasteiger partial charge in [0, 0.05) is 0 Å². The summed E-state index contributed by atoms with van der Waals surface area (Å²) in [7, 11) is 0. The van der Waals surface area contributed by atoms with Crippen LogP contribution in [0.15, 0.2) is 70.1 Å². The molecule has 0 aliphatic heterocycles. The average Bonchev–Trinajstić information content (AvgIpc) is 3.17. The summed E-state index contributed by atoms with van der Waals surface area (Å²) < 4.78 is 8.56. The Morgan fingerprint density at radius 1 is 1.09 bits per heavy atom. The van der Waals surface area contributed by atoms with Gasteiger partial charge in [-0.05, 0) is 23.8 Å². The first kappa shape index (κ1) is 12.6. The molecule has 0 saturated carbocycles.